The lowest BCUT2D eigenvalue weighted by Gasteiger charge is -2.11. The Kier molecular flexibility index (Phi) is 4.28. The van der Waals surface area contributed by atoms with Crippen molar-refractivity contribution in [2.45, 2.75) is 6.54 Å². The number of hydrogen-bond donors (Lipinski definition) is 1. The Bertz CT molecular complexity index is 546. The van der Waals surface area contributed by atoms with E-state index in [1.165, 1.54) is 0 Å². The van der Waals surface area contributed by atoms with Gasteiger partial charge in [0.15, 0.2) is 0 Å². The maximum Gasteiger partial charge on any atom is 0.131 e. The van der Waals surface area contributed by atoms with Crippen molar-refractivity contribution in [3.8, 4) is 5.75 Å². The highest BCUT2D eigenvalue weighted by Gasteiger charge is 2.07. The molecule has 0 aliphatic carbocycles. The summed E-state index contributed by atoms with van der Waals surface area (Å²) in [6, 6.07) is 10.9. The second-order valence-electron chi connectivity index (χ2n) is 3.62. The number of ether oxygens (including phenoxy) is 1. The Balaban J connectivity index is 2.15. The molecule has 0 spiro atoms. The van der Waals surface area contributed by atoms with Gasteiger partial charge in [-0.3, -0.25) is 0 Å². The summed E-state index contributed by atoms with van der Waals surface area (Å²) in [5, 5.41) is 4.26. The van der Waals surface area contributed by atoms with Crippen molar-refractivity contribution in [1.29, 1.82) is 0 Å². The number of nitrogens with zero attached hydrogens (tertiary/aromatic N) is 1. The molecule has 1 aromatic carbocycles. The first-order chi connectivity index (χ1) is 8.70. The van der Waals surface area contributed by atoms with Crippen molar-refractivity contribution in [2.75, 3.05) is 12.4 Å². The molecular formula is C13H12Cl2N2O. The predicted molar refractivity (Wildman–Crippen MR) is 74.6 cm³/mol. The Labute approximate surface area is 116 Å². The van der Waals surface area contributed by atoms with E-state index in [0.717, 1.165) is 11.3 Å². The predicted octanol–water partition coefficient (Wildman–Crippen LogP) is 4.01. The van der Waals surface area contributed by atoms with Gasteiger partial charge >= 0.3 is 0 Å². The molecule has 0 atom stereocenters. The molecule has 1 heterocycles. The van der Waals surface area contributed by atoms with E-state index in [2.05, 4.69) is 10.3 Å². The lowest BCUT2D eigenvalue weighted by molar-refractivity contribution is 0.410. The molecule has 0 amide bonds. The molecule has 0 unspecified atom stereocenters. The van der Waals surface area contributed by atoms with Crippen molar-refractivity contribution < 1.29 is 4.74 Å². The van der Waals surface area contributed by atoms with Crippen LogP contribution in [0.4, 0.5) is 5.82 Å². The summed E-state index contributed by atoms with van der Waals surface area (Å²) >= 11 is 12.0. The highest BCUT2D eigenvalue weighted by molar-refractivity contribution is 6.31. The van der Waals surface area contributed by atoms with Crippen LogP contribution in [0.2, 0.25) is 10.2 Å². The Morgan fingerprint density at radius 2 is 1.94 bits per heavy atom. The molecule has 3 nitrogen and oxygen atoms in total. The Morgan fingerprint density at radius 1 is 1.17 bits per heavy atom. The number of nitrogens with one attached hydrogen (secondary N) is 1. The van der Waals surface area contributed by atoms with E-state index in [9.17, 15) is 0 Å². The van der Waals surface area contributed by atoms with E-state index < -0.39 is 0 Å². The van der Waals surface area contributed by atoms with E-state index in [1.807, 2.05) is 30.3 Å². The summed E-state index contributed by atoms with van der Waals surface area (Å²) in [6.45, 7) is 0.524. The number of pyridine rings is 1. The fraction of sp³-hybridized carbons (Fsp3) is 0.154. The molecule has 0 saturated carbocycles. The zero-order chi connectivity index (χ0) is 13.0. The van der Waals surface area contributed by atoms with Crippen LogP contribution >= 0.6 is 23.2 Å². The molecule has 1 N–H and O–H groups in total. The minimum atomic E-state index is 0.450. The number of halogens is 2. The molecule has 0 fully saturated rings. The number of aromatic nitrogens is 1. The molecule has 0 radical (unpaired) electrons. The zero-order valence-electron chi connectivity index (χ0n) is 9.78. The maximum absolute atomic E-state index is 6.14. The minimum Gasteiger partial charge on any atom is -0.496 e. The second kappa shape index (κ2) is 5.94. The fourth-order valence-electron chi connectivity index (χ4n) is 1.59. The first-order valence-corrected chi connectivity index (χ1v) is 6.14. The van der Waals surface area contributed by atoms with E-state index in [0.29, 0.717) is 22.5 Å². The van der Waals surface area contributed by atoms with Crippen LogP contribution < -0.4 is 10.1 Å². The lowest BCUT2D eigenvalue weighted by atomic mass is 10.2. The van der Waals surface area contributed by atoms with Crippen LogP contribution in [0.3, 0.4) is 0 Å². The number of methoxy groups -OCH3 is 1. The highest BCUT2D eigenvalue weighted by atomic mass is 35.5. The maximum atomic E-state index is 6.14. The zero-order valence-corrected chi connectivity index (χ0v) is 11.3. The van der Waals surface area contributed by atoms with Gasteiger partial charge in [0.25, 0.3) is 0 Å². The van der Waals surface area contributed by atoms with Crippen LogP contribution in [0, 0.1) is 0 Å². The number of benzene rings is 1. The number of rotatable bonds is 4. The van der Waals surface area contributed by atoms with E-state index in [1.54, 1.807) is 13.2 Å². The molecule has 18 heavy (non-hydrogen) atoms. The molecule has 0 aliphatic heterocycles. The molecule has 0 aliphatic rings. The smallest absolute Gasteiger partial charge is 0.131 e. The quantitative estimate of drug-likeness (QED) is 0.861. The summed E-state index contributed by atoms with van der Waals surface area (Å²) in [7, 11) is 1.62. The monoisotopic (exact) mass is 282 g/mol. The topological polar surface area (TPSA) is 34.1 Å². The van der Waals surface area contributed by atoms with Gasteiger partial charge in [0.05, 0.1) is 7.11 Å². The Hall–Kier alpha value is -1.45. The number of hydrogen-bond acceptors (Lipinski definition) is 3. The third-order valence-corrected chi connectivity index (χ3v) is 3.02. The van der Waals surface area contributed by atoms with Crippen LogP contribution in [0.15, 0.2) is 36.4 Å². The molecule has 1 aromatic heterocycles. The van der Waals surface area contributed by atoms with Gasteiger partial charge in [-0.2, -0.15) is 0 Å². The van der Waals surface area contributed by atoms with Crippen LogP contribution in [-0.2, 0) is 6.54 Å². The van der Waals surface area contributed by atoms with Gasteiger partial charge < -0.3 is 10.1 Å². The van der Waals surface area contributed by atoms with Crippen LogP contribution in [-0.4, -0.2) is 12.1 Å². The average molecular weight is 283 g/mol. The van der Waals surface area contributed by atoms with Gasteiger partial charge in [-0.05, 0) is 24.3 Å². The molecule has 2 aromatic rings. The molecule has 0 saturated heterocycles. The Morgan fingerprint density at radius 3 is 2.67 bits per heavy atom. The molecular weight excluding hydrogens is 271 g/mol. The van der Waals surface area contributed by atoms with Gasteiger partial charge in [-0.15, -0.1) is 0 Å². The van der Waals surface area contributed by atoms with Crippen LogP contribution in [0.25, 0.3) is 0 Å². The molecule has 2 rings (SSSR count). The highest BCUT2D eigenvalue weighted by Crippen LogP contribution is 2.26. The number of anilines is 1. The van der Waals surface area contributed by atoms with Gasteiger partial charge in [0.1, 0.15) is 16.7 Å². The second-order valence-corrected chi connectivity index (χ2v) is 4.41. The van der Waals surface area contributed by atoms with Gasteiger partial charge in [0, 0.05) is 17.1 Å². The summed E-state index contributed by atoms with van der Waals surface area (Å²) in [4.78, 5) is 4.14. The van der Waals surface area contributed by atoms with Crippen molar-refractivity contribution in [2.24, 2.45) is 0 Å². The van der Waals surface area contributed by atoms with E-state index in [-0.39, 0.29) is 0 Å². The van der Waals surface area contributed by atoms with Crippen molar-refractivity contribution >= 4 is 29.0 Å². The van der Waals surface area contributed by atoms with Gasteiger partial charge in [-0.25, -0.2) is 4.98 Å². The summed E-state index contributed by atoms with van der Waals surface area (Å²) in [5.74, 6) is 1.45. The van der Waals surface area contributed by atoms with Crippen molar-refractivity contribution in [3.05, 3.63) is 52.1 Å². The first-order valence-electron chi connectivity index (χ1n) is 5.38. The third-order valence-electron chi connectivity index (χ3n) is 2.46. The van der Waals surface area contributed by atoms with Gasteiger partial charge in [-0.1, -0.05) is 35.3 Å². The SMILES string of the molecule is COc1cccc(Cl)c1CNc1cccc(Cl)n1. The molecule has 5 heteroatoms. The normalized spacial score (nSPS) is 10.2. The first kappa shape index (κ1) is 13.0. The molecule has 0 bridgehead atoms. The minimum absolute atomic E-state index is 0.450. The third kappa shape index (κ3) is 3.06. The van der Waals surface area contributed by atoms with Gasteiger partial charge in [0.2, 0.25) is 0 Å². The van der Waals surface area contributed by atoms with Crippen molar-refractivity contribution in [3.63, 3.8) is 0 Å². The largest absolute Gasteiger partial charge is 0.496 e. The van der Waals surface area contributed by atoms with E-state index in [4.69, 9.17) is 27.9 Å². The van der Waals surface area contributed by atoms with Crippen LogP contribution in [0.5, 0.6) is 5.75 Å². The summed E-state index contributed by atoms with van der Waals surface area (Å²) < 4.78 is 5.27. The van der Waals surface area contributed by atoms with Crippen molar-refractivity contribution in [1.82, 2.24) is 4.98 Å². The summed E-state index contributed by atoms with van der Waals surface area (Å²) in [6.07, 6.45) is 0. The van der Waals surface area contributed by atoms with Crippen LogP contribution in [0.1, 0.15) is 5.56 Å². The lowest BCUT2D eigenvalue weighted by Crippen LogP contribution is -2.03. The standard InChI is InChI=1S/C13H12Cl2N2O/c1-18-11-5-2-4-10(14)9(11)8-16-13-7-3-6-12(15)17-13/h2-7H,8H2,1H3,(H,16,17). The fourth-order valence-corrected chi connectivity index (χ4v) is 1.98. The average Bonchev–Trinajstić information content (AvgIpc) is 2.37. The molecule has 94 valence electrons. The summed E-state index contributed by atoms with van der Waals surface area (Å²) in [5.41, 5.74) is 0.892. The van der Waals surface area contributed by atoms with E-state index >= 15 is 0 Å².